The number of aliphatic carboxylic acids is 1. The van der Waals surface area contributed by atoms with Crippen LogP contribution in [0.1, 0.15) is 25.7 Å². The molecule has 1 aromatic heterocycles. The third-order valence-corrected chi connectivity index (χ3v) is 3.19. The number of carboxylic acids is 1. The number of nitrogens with one attached hydrogen (secondary N) is 2. The quantitative estimate of drug-likeness (QED) is 0.737. The van der Waals surface area contributed by atoms with Crippen LogP contribution in [0.5, 0.6) is 0 Å². The molecule has 1 saturated carbocycles. The summed E-state index contributed by atoms with van der Waals surface area (Å²) >= 11 is 0. The molecule has 0 unspecified atom stereocenters. The predicted molar refractivity (Wildman–Crippen MR) is 60.3 cm³/mol. The normalized spacial score (nSPS) is 24.2. The number of rotatable bonds is 3. The second-order valence-corrected chi connectivity index (χ2v) is 4.31. The number of carbonyl (C=O) groups is 2. The molecule has 0 aromatic carbocycles. The molecule has 1 fully saturated rings. The Kier molecular flexibility index (Phi) is 3.41. The van der Waals surface area contributed by atoms with Gasteiger partial charge in [0.2, 0.25) is 11.9 Å². The van der Waals surface area contributed by atoms with Crippen LogP contribution >= 0.6 is 0 Å². The maximum atomic E-state index is 11.8. The van der Waals surface area contributed by atoms with Crippen LogP contribution in [0.2, 0.25) is 0 Å². The van der Waals surface area contributed by atoms with Crippen LogP contribution < -0.4 is 5.32 Å². The van der Waals surface area contributed by atoms with Gasteiger partial charge in [-0.15, -0.1) is 0 Å². The predicted octanol–water partition coefficient (Wildman–Crippen LogP) is 1.24. The molecule has 92 valence electrons. The molecule has 3 N–H and O–H groups in total. The van der Waals surface area contributed by atoms with Crippen molar-refractivity contribution in [1.82, 2.24) is 9.97 Å². The number of aromatic amines is 1. The SMILES string of the molecule is O=C(O)C1CCC(C(=O)Nc2ncc[nH]2)CC1. The first-order valence-electron chi connectivity index (χ1n) is 5.70. The number of hydrogen-bond donors (Lipinski definition) is 3. The van der Waals surface area contributed by atoms with Crippen LogP contribution in [-0.2, 0) is 9.59 Å². The lowest BCUT2D eigenvalue weighted by Gasteiger charge is -2.24. The van der Waals surface area contributed by atoms with Gasteiger partial charge in [0.15, 0.2) is 0 Å². The minimum atomic E-state index is -0.755. The van der Waals surface area contributed by atoms with Crippen molar-refractivity contribution in [3.63, 3.8) is 0 Å². The maximum Gasteiger partial charge on any atom is 0.306 e. The fraction of sp³-hybridized carbons (Fsp3) is 0.545. The summed E-state index contributed by atoms with van der Waals surface area (Å²) in [6.07, 6.45) is 5.61. The molecule has 0 bridgehead atoms. The number of H-pyrrole nitrogens is 1. The number of aromatic nitrogens is 2. The molecule has 0 aliphatic heterocycles. The average Bonchev–Trinajstić information content (AvgIpc) is 2.82. The van der Waals surface area contributed by atoms with Crippen molar-refractivity contribution in [3.8, 4) is 0 Å². The molecular weight excluding hydrogens is 222 g/mol. The van der Waals surface area contributed by atoms with E-state index in [1.165, 1.54) is 0 Å². The van der Waals surface area contributed by atoms with Crippen LogP contribution in [0.25, 0.3) is 0 Å². The first-order chi connectivity index (χ1) is 8.16. The van der Waals surface area contributed by atoms with Gasteiger partial charge < -0.3 is 10.1 Å². The summed E-state index contributed by atoms with van der Waals surface area (Å²) < 4.78 is 0. The van der Waals surface area contributed by atoms with Crippen molar-refractivity contribution >= 4 is 17.8 Å². The highest BCUT2D eigenvalue weighted by Crippen LogP contribution is 2.29. The van der Waals surface area contributed by atoms with E-state index in [2.05, 4.69) is 15.3 Å². The zero-order valence-corrected chi connectivity index (χ0v) is 9.35. The zero-order valence-electron chi connectivity index (χ0n) is 9.35. The standard InChI is InChI=1S/C11H15N3O3/c15-9(14-11-12-5-6-13-11)7-1-3-8(4-2-7)10(16)17/h5-8H,1-4H2,(H,16,17)(H2,12,13,14,15). The third kappa shape index (κ3) is 2.83. The fourth-order valence-electron chi connectivity index (χ4n) is 2.15. The highest BCUT2D eigenvalue weighted by atomic mass is 16.4. The maximum absolute atomic E-state index is 11.8. The number of hydrogen-bond acceptors (Lipinski definition) is 3. The number of carbonyl (C=O) groups excluding carboxylic acids is 1. The molecule has 0 atom stereocenters. The lowest BCUT2D eigenvalue weighted by molar-refractivity contribution is -0.143. The summed E-state index contributed by atoms with van der Waals surface area (Å²) in [6, 6.07) is 0. The summed E-state index contributed by atoms with van der Waals surface area (Å²) in [5.41, 5.74) is 0. The number of amides is 1. The van der Waals surface area contributed by atoms with Gasteiger partial charge in [-0.05, 0) is 25.7 Å². The van der Waals surface area contributed by atoms with Gasteiger partial charge in [0.1, 0.15) is 0 Å². The van der Waals surface area contributed by atoms with Gasteiger partial charge in [0.05, 0.1) is 5.92 Å². The van der Waals surface area contributed by atoms with Crippen LogP contribution in [0.3, 0.4) is 0 Å². The largest absolute Gasteiger partial charge is 0.481 e. The Labute approximate surface area is 98.4 Å². The molecule has 1 aliphatic rings. The molecule has 0 spiro atoms. The van der Waals surface area contributed by atoms with E-state index in [0.717, 1.165) is 0 Å². The Morgan fingerprint density at radius 3 is 2.47 bits per heavy atom. The summed E-state index contributed by atoms with van der Waals surface area (Å²) in [6.45, 7) is 0. The van der Waals surface area contributed by atoms with E-state index in [1.807, 2.05) is 0 Å². The topological polar surface area (TPSA) is 95.1 Å². The van der Waals surface area contributed by atoms with E-state index in [1.54, 1.807) is 12.4 Å². The molecule has 6 heteroatoms. The zero-order chi connectivity index (χ0) is 12.3. The smallest absolute Gasteiger partial charge is 0.306 e. The number of imidazole rings is 1. The Hall–Kier alpha value is -1.85. The van der Waals surface area contributed by atoms with Crippen LogP contribution in [0.15, 0.2) is 12.4 Å². The Morgan fingerprint density at radius 2 is 1.94 bits per heavy atom. The molecule has 1 heterocycles. The van der Waals surface area contributed by atoms with Crippen LogP contribution in [0.4, 0.5) is 5.95 Å². The monoisotopic (exact) mass is 237 g/mol. The van der Waals surface area contributed by atoms with Gasteiger partial charge in [-0.3, -0.25) is 14.9 Å². The Bertz CT molecular complexity index is 394. The van der Waals surface area contributed by atoms with Crippen LogP contribution in [0, 0.1) is 11.8 Å². The molecule has 0 radical (unpaired) electrons. The van der Waals surface area contributed by atoms with Crippen molar-refractivity contribution in [3.05, 3.63) is 12.4 Å². The molecular formula is C11H15N3O3. The van der Waals surface area contributed by atoms with E-state index < -0.39 is 5.97 Å². The van der Waals surface area contributed by atoms with Crippen molar-refractivity contribution < 1.29 is 14.7 Å². The highest BCUT2D eigenvalue weighted by molar-refractivity contribution is 5.91. The van der Waals surface area contributed by atoms with Gasteiger partial charge >= 0.3 is 5.97 Å². The van der Waals surface area contributed by atoms with Gasteiger partial charge in [0, 0.05) is 18.3 Å². The van der Waals surface area contributed by atoms with Crippen molar-refractivity contribution in [2.24, 2.45) is 11.8 Å². The first-order valence-corrected chi connectivity index (χ1v) is 5.70. The summed E-state index contributed by atoms with van der Waals surface area (Å²) in [4.78, 5) is 29.3. The van der Waals surface area contributed by atoms with Gasteiger partial charge in [-0.2, -0.15) is 0 Å². The number of carboxylic acid groups (broad SMARTS) is 1. The summed E-state index contributed by atoms with van der Waals surface area (Å²) in [5.74, 6) is -0.785. The van der Waals surface area contributed by atoms with Crippen molar-refractivity contribution in [2.75, 3.05) is 5.32 Å². The molecule has 1 aromatic rings. The number of anilines is 1. The molecule has 0 saturated heterocycles. The van der Waals surface area contributed by atoms with Crippen LogP contribution in [-0.4, -0.2) is 27.0 Å². The lowest BCUT2D eigenvalue weighted by Crippen LogP contribution is -2.29. The molecule has 17 heavy (non-hydrogen) atoms. The Balaban J connectivity index is 1.84. The molecule has 1 amide bonds. The van der Waals surface area contributed by atoms with E-state index in [-0.39, 0.29) is 17.7 Å². The van der Waals surface area contributed by atoms with Crippen molar-refractivity contribution in [1.29, 1.82) is 0 Å². The van der Waals surface area contributed by atoms with E-state index in [0.29, 0.717) is 31.6 Å². The van der Waals surface area contributed by atoms with Gasteiger partial charge in [-0.25, -0.2) is 4.98 Å². The Morgan fingerprint density at radius 1 is 1.29 bits per heavy atom. The van der Waals surface area contributed by atoms with E-state index in [4.69, 9.17) is 5.11 Å². The van der Waals surface area contributed by atoms with E-state index >= 15 is 0 Å². The number of nitrogens with zero attached hydrogens (tertiary/aromatic N) is 1. The molecule has 2 rings (SSSR count). The first kappa shape index (κ1) is 11.6. The van der Waals surface area contributed by atoms with Gasteiger partial charge in [-0.1, -0.05) is 0 Å². The highest BCUT2D eigenvalue weighted by Gasteiger charge is 2.29. The fourth-order valence-corrected chi connectivity index (χ4v) is 2.15. The summed E-state index contributed by atoms with van der Waals surface area (Å²) in [5, 5.41) is 11.5. The minimum Gasteiger partial charge on any atom is -0.481 e. The third-order valence-electron chi connectivity index (χ3n) is 3.19. The van der Waals surface area contributed by atoms with Gasteiger partial charge in [0.25, 0.3) is 0 Å². The van der Waals surface area contributed by atoms with Crippen molar-refractivity contribution in [2.45, 2.75) is 25.7 Å². The second kappa shape index (κ2) is 4.99. The lowest BCUT2D eigenvalue weighted by atomic mass is 9.81. The second-order valence-electron chi connectivity index (χ2n) is 4.31. The minimum absolute atomic E-state index is 0.0798. The summed E-state index contributed by atoms with van der Waals surface area (Å²) in [7, 11) is 0. The van der Waals surface area contributed by atoms with E-state index in [9.17, 15) is 9.59 Å². The average molecular weight is 237 g/mol. The molecule has 6 nitrogen and oxygen atoms in total. The molecule has 1 aliphatic carbocycles.